The summed E-state index contributed by atoms with van der Waals surface area (Å²) < 4.78 is 17.0. The minimum absolute atomic E-state index is 0. The number of ether oxygens (including phenoxy) is 3. The maximum Gasteiger partial charge on any atom is 0.194 e. The number of nitrogens with zero attached hydrogens (tertiary/aromatic N) is 2. The Hall–Kier alpha value is -2.00. The lowest BCUT2D eigenvalue weighted by Gasteiger charge is -2.35. The molecule has 0 saturated carbocycles. The first-order valence-corrected chi connectivity index (χ1v) is 9.50. The monoisotopic (exact) mass is 511 g/mol. The zero-order valence-electron chi connectivity index (χ0n) is 17.5. The number of aryl methyl sites for hydroxylation is 1. The van der Waals surface area contributed by atoms with Crippen molar-refractivity contribution < 1.29 is 14.2 Å². The summed E-state index contributed by atoms with van der Waals surface area (Å²) in [6.07, 6.45) is 0.0415. The quantitative estimate of drug-likeness (QED) is 0.377. The molecular formula is C22H30IN3O3. The minimum Gasteiger partial charge on any atom is -0.493 e. The third kappa shape index (κ3) is 5.54. The molecule has 0 amide bonds. The van der Waals surface area contributed by atoms with E-state index in [1.165, 1.54) is 11.1 Å². The molecule has 1 saturated heterocycles. The second-order valence-corrected chi connectivity index (χ2v) is 6.72. The lowest BCUT2D eigenvalue weighted by atomic mass is 10.0. The Balaban J connectivity index is 0.00000300. The van der Waals surface area contributed by atoms with Gasteiger partial charge in [-0.15, -0.1) is 24.0 Å². The van der Waals surface area contributed by atoms with Gasteiger partial charge < -0.3 is 24.4 Å². The molecular weight excluding hydrogens is 481 g/mol. The Morgan fingerprint density at radius 1 is 1.17 bits per heavy atom. The first-order chi connectivity index (χ1) is 13.7. The highest BCUT2D eigenvalue weighted by atomic mass is 127. The highest BCUT2D eigenvalue weighted by Gasteiger charge is 2.25. The van der Waals surface area contributed by atoms with Crippen LogP contribution >= 0.6 is 24.0 Å². The van der Waals surface area contributed by atoms with Crippen LogP contribution in [0.1, 0.15) is 22.8 Å². The number of morpholine rings is 1. The van der Waals surface area contributed by atoms with Crippen LogP contribution in [0.25, 0.3) is 0 Å². The van der Waals surface area contributed by atoms with Crippen LogP contribution in [0.2, 0.25) is 0 Å². The van der Waals surface area contributed by atoms with Crippen molar-refractivity contribution in [1.29, 1.82) is 0 Å². The largest absolute Gasteiger partial charge is 0.493 e. The van der Waals surface area contributed by atoms with Crippen LogP contribution in [0.15, 0.2) is 47.5 Å². The van der Waals surface area contributed by atoms with Crippen molar-refractivity contribution in [3.05, 3.63) is 59.2 Å². The molecule has 2 aromatic rings. The van der Waals surface area contributed by atoms with Crippen LogP contribution < -0.4 is 14.8 Å². The van der Waals surface area contributed by atoms with Crippen LogP contribution in [-0.2, 0) is 11.3 Å². The van der Waals surface area contributed by atoms with E-state index in [-0.39, 0.29) is 30.1 Å². The summed E-state index contributed by atoms with van der Waals surface area (Å²) >= 11 is 0. The third-order valence-electron chi connectivity index (χ3n) is 5.03. The van der Waals surface area contributed by atoms with Gasteiger partial charge in [0.15, 0.2) is 17.5 Å². The molecule has 1 heterocycles. The smallest absolute Gasteiger partial charge is 0.194 e. The lowest BCUT2D eigenvalue weighted by Crippen LogP contribution is -2.48. The predicted octanol–water partition coefficient (Wildman–Crippen LogP) is 3.78. The number of rotatable bonds is 5. The summed E-state index contributed by atoms with van der Waals surface area (Å²) in [4.78, 5) is 6.72. The van der Waals surface area contributed by atoms with Crippen molar-refractivity contribution in [2.75, 3.05) is 41.0 Å². The molecule has 3 rings (SSSR count). The van der Waals surface area contributed by atoms with Crippen LogP contribution in [0, 0.1) is 6.92 Å². The van der Waals surface area contributed by atoms with E-state index in [1.807, 2.05) is 25.2 Å². The van der Waals surface area contributed by atoms with E-state index >= 15 is 0 Å². The molecule has 6 nitrogen and oxygen atoms in total. The van der Waals surface area contributed by atoms with E-state index in [2.05, 4.69) is 46.4 Å². The molecule has 1 aliphatic heterocycles. The Kier molecular flexibility index (Phi) is 9.03. The summed E-state index contributed by atoms with van der Waals surface area (Å²) in [6.45, 7) is 4.96. The minimum atomic E-state index is 0. The summed E-state index contributed by atoms with van der Waals surface area (Å²) in [5.41, 5.74) is 3.50. The average molecular weight is 511 g/mol. The molecule has 29 heavy (non-hydrogen) atoms. The molecule has 1 atom stereocenters. The topological polar surface area (TPSA) is 55.3 Å². The van der Waals surface area contributed by atoms with Gasteiger partial charge in [0.2, 0.25) is 0 Å². The molecule has 0 bridgehead atoms. The number of methoxy groups -OCH3 is 2. The van der Waals surface area contributed by atoms with E-state index in [9.17, 15) is 0 Å². The van der Waals surface area contributed by atoms with E-state index in [0.717, 1.165) is 36.1 Å². The van der Waals surface area contributed by atoms with E-state index in [4.69, 9.17) is 14.2 Å². The summed E-state index contributed by atoms with van der Waals surface area (Å²) in [7, 11) is 5.11. The predicted molar refractivity (Wildman–Crippen MR) is 127 cm³/mol. The van der Waals surface area contributed by atoms with Gasteiger partial charge in [-0.25, -0.2) is 0 Å². The SMILES string of the molecule is CN=C(NCc1cccc(OC)c1OC)N1CCOC(c2ccccc2C)C1.I. The fourth-order valence-electron chi connectivity index (χ4n) is 3.58. The number of halogens is 1. The fourth-order valence-corrected chi connectivity index (χ4v) is 3.58. The molecule has 0 spiro atoms. The number of benzene rings is 2. The zero-order chi connectivity index (χ0) is 19.9. The number of guanidine groups is 1. The summed E-state index contributed by atoms with van der Waals surface area (Å²) in [5, 5.41) is 3.45. The number of aliphatic imine (C=N–C) groups is 1. The maximum absolute atomic E-state index is 6.04. The number of nitrogens with one attached hydrogen (secondary N) is 1. The van der Waals surface area contributed by atoms with Gasteiger partial charge in [0.05, 0.1) is 27.4 Å². The van der Waals surface area contributed by atoms with Crippen molar-refractivity contribution in [2.24, 2.45) is 4.99 Å². The normalized spacial score (nSPS) is 16.8. The van der Waals surface area contributed by atoms with Crippen molar-refractivity contribution in [3.8, 4) is 11.5 Å². The Morgan fingerprint density at radius 3 is 2.66 bits per heavy atom. The van der Waals surface area contributed by atoms with Gasteiger partial charge in [0, 0.05) is 25.7 Å². The van der Waals surface area contributed by atoms with Gasteiger partial charge in [-0.3, -0.25) is 4.99 Å². The second kappa shape index (κ2) is 11.3. The van der Waals surface area contributed by atoms with Gasteiger partial charge in [0.25, 0.3) is 0 Å². The third-order valence-corrected chi connectivity index (χ3v) is 5.03. The van der Waals surface area contributed by atoms with Crippen molar-refractivity contribution >= 4 is 29.9 Å². The van der Waals surface area contributed by atoms with Gasteiger partial charge >= 0.3 is 0 Å². The van der Waals surface area contributed by atoms with Gasteiger partial charge in [-0.2, -0.15) is 0 Å². The van der Waals surface area contributed by atoms with Crippen LogP contribution in [0.3, 0.4) is 0 Å². The molecule has 158 valence electrons. The van der Waals surface area contributed by atoms with Gasteiger partial charge in [-0.05, 0) is 24.1 Å². The molecule has 7 heteroatoms. The van der Waals surface area contributed by atoms with Gasteiger partial charge in [0.1, 0.15) is 6.10 Å². The second-order valence-electron chi connectivity index (χ2n) is 6.72. The zero-order valence-corrected chi connectivity index (χ0v) is 19.8. The van der Waals surface area contributed by atoms with E-state index < -0.39 is 0 Å². The molecule has 0 aliphatic carbocycles. The highest BCUT2D eigenvalue weighted by Crippen LogP contribution is 2.30. The van der Waals surface area contributed by atoms with Crippen molar-refractivity contribution in [1.82, 2.24) is 10.2 Å². The Bertz CT molecular complexity index is 829. The van der Waals surface area contributed by atoms with Crippen LogP contribution in [-0.4, -0.2) is 51.8 Å². The van der Waals surface area contributed by atoms with Crippen molar-refractivity contribution in [3.63, 3.8) is 0 Å². The Labute approximate surface area is 190 Å². The maximum atomic E-state index is 6.04. The average Bonchev–Trinajstić information content (AvgIpc) is 2.74. The molecule has 2 aromatic carbocycles. The fraction of sp³-hybridized carbons (Fsp3) is 0.409. The van der Waals surface area contributed by atoms with E-state index in [1.54, 1.807) is 14.2 Å². The first kappa shape index (κ1) is 23.3. The van der Waals surface area contributed by atoms with Crippen molar-refractivity contribution in [2.45, 2.75) is 19.6 Å². The highest BCUT2D eigenvalue weighted by molar-refractivity contribution is 14.0. The molecule has 1 fully saturated rings. The standard InChI is InChI=1S/C22H29N3O3.HI/c1-16-8-5-6-10-18(16)20-15-25(12-13-28-20)22(23-2)24-14-17-9-7-11-19(26-3)21(17)27-4;/h5-11,20H,12-15H2,1-4H3,(H,23,24);1H. The molecule has 1 aliphatic rings. The number of hydrogen-bond acceptors (Lipinski definition) is 4. The lowest BCUT2D eigenvalue weighted by molar-refractivity contribution is -0.00834. The molecule has 0 radical (unpaired) electrons. The Morgan fingerprint density at radius 2 is 1.97 bits per heavy atom. The number of hydrogen-bond donors (Lipinski definition) is 1. The molecule has 1 unspecified atom stereocenters. The van der Waals surface area contributed by atoms with Gasteiger partial charge in [-0.1, -0.05) is 36.4 Å². The summed E-state index contributed by atoms with van der Waals surface area (Å²) in [5.74, 6) is 2.32. The van der Waals surface area contributed by atoms with E-state index in [0.29, 0.717) is 13.2 Å². The number of para-hydroxylation sites is 1. The van der Waals surface area contributed by atoms with Crippen LogP contribution in [0.5, 0.6) is 11.5 Å². The first-order valence-electron chi connectivity index (χ1n) is 9.50. The molecule has 0 aromatic heterocycles. The van der Waals surface area contributed by atoms with Crippen LogP contribution in [0.4, 0.5) is 0 Å². The molecule has 1 N–H and O–H groups in total. The summed E-state index contributed by atoms with van der Waals surface area (Å²) in [6, 6.07) is 14.3.